The van der Waals surface area contributed by atoms with Gasteiger partial charge in [0.25, 0.3) is 5.91 Å². The van der Waals surface area contributed by atoms with Gasteiger partial charge in [-0.2, -0.15) is 4.37 Å². The number of aromatic carboxylic acids is 1. The van der Waals surface area contributed by atoms with E-state index >= 15 is 0 Å². The molecule has 0 bridgehead atoms. The molecule has 0 aromatic carbocycles. The van der Waals surface area contributed by atoms with Gasteiger partial charge in [-0.05, 0) is 41.9 Å². The first-order chi connectivity index (χ1) is 9.47. The minimum Gasteiger partial charge on any atom is -0.478 e. The van der Waals surface area contributed by atoms with Gasteiger partial charge in [0, 0.05) is 7.05 Å². The highest BCUT2D eigenvalue weighted by Gasteiger charge is 2.26. The number of aromatic nitrogens is 1. The lowest BCUT2D eigenvalue weighted by Crippen LogP contribution is -2.27. The van der Waals surface area contributed by atoms with E-state index in [0.29, 0.717) is 15.6 Å². The lowest BCUT2D eigenvalue weighted by molar-refractivity contribution is 0.0697. The number of carboxylic acids is 1. The molecule has 20 heavy (non-hydrogen) atoms. The maximum absolute atomic E-state index is 12.5. The van der Waals surface area contributed by atoms with Crippen LogP contribution >= 0.6 is 22.9 Å². The van der Waals surface area contributed by atoms with E-state index in [2.05, 4.69) is 4.37 Å². The number of nitrogens with zero attached hydrogens (tertiary/aromatic N) is 2. The van der Waals surface area contributed by atoms with Gasteiger partial charge in [0.2, 0.25) is 0 Å². The Bertz CT molecular complexity index is 660. The largest absolute Gasteiger partial charge is 0.478 e. The molecular formula is C13H14N2O3S2. The highest BCUT2D eigenvalue weighted by atomic mass is 32.1. The van der Waals surface area contributed by atoms with Crippen LogP contribution in [-0.2, 0) is 6.42 Å². The second-order valence-corrected chi connectivity index (χ2v) is 5.91. The molecular weight excluding hydrogens is 296 g/mol. The molecule has 2 aromatic heterocycles. The van der Waals surface area contributed by atoms with Crippen molar-refractivity contribution in [3.05, 3.63) is 33.1 Å². The molecule has 0 aliphatic heterocycles. The SMILES string of the molecule is CCc1ccsc1C(=O)N(C)c1snc(C)c1C(=O)O. The van der Waals surface area contributed by atoms with Crippen LogP contribution < -0.4 is 4.90 Å². The molecule has 5 nitrogen and oxygen atoms in total. The Kier molecular flexibility index (Phi) is 4.20. The summed E-state index contributed by atoms with van der Waals surface area (Å²) in [6, 6.07) is 1.92. The van der Waals surface area contributed by atoms with Gasteiger partial charge in [-0.25, -0.2) is 4.79 Å². The van der Waals surface area contributed by atoms with Gasteiger partial charge in [0.1, 0.15) is 10.6 Å². The number of thiophene rings is 1. The van der Waals surface area contributed by atoms with Crippen LogP contribution in [0.2, 0.25) is 0 Å². The fraction of sp³-hybridized carbons (Fsp3) is 0.308. The molecule has 2 aromatic rings. The maximum atomic E-state index is 12.5. The average Bonchev–Trinajstić information content (AvgIpc) is 3.02. The molecule has 1 amide bonds. The summed E-state index contributed by atoms with van der Waals surface area (Å²) < 4.78 is 4.04. The van der Waals surface area contributed by atoms with Crippen LogP contribution in [0.4, 0.5) is 5.00 Å². The van der Waals surface area contributed by atoms with Crippen molar-refractivity contribution < 1.29 is 14.7 Å². The zero-order valence-corrected chi connectivity index (χ0v) is 13.0. The Morgan fingerprint density at radius 3 is 2.75 bits per heavy atom. The number of carbonyl (C=O) groups is 2. The first-order valence-corrected chi connectivity index (χ1v) is 7.66. The number of carbonyl (C=O) groups excluding carboxylic acids is 1. The molecule has 2 heterocycles. The minimum absolute atomic E-state index is 0.0976. The standard InChI is InChI=1S/C13H14N2O3S2/c1-4-8-5-6-19-10(8)11(16)15(3)12-9(13(17)18)7(2)14-20-12/h5-6H,4H2,1-3H3,(H,17,18). The van der Waals surface area contributed by atoms with Crippen molar-refractivity contribution >= 4 is 39.7 Å². The summed E-state index contributed by atoms with van der Waals surface area (Å²) in [7, 11) is 1.58. The van der Waals surface area contributed by atoms with Crippen molar-refractivity contribution in [2.24, 2.45) is 0 Å². The molecule has 0 saturated heterocycles. The summed E-state index contributed by atoms with van der Waals surface area (Å²) in [4.78, 5) is 25.8. The van der Waals surface area contributed by atoms with Gasteiger partial charge in [-0.15, -0.1) is 11.3 Å². The van der Waals surface area contributed by atoms with E-state index < -0.39 is 5.97 Å². The van der Waals surface area contributed by atoms with Crippen molar-refractivity contribution in [2.75, 3.05) is 11.9 Å². The fourth-order valence-electron chi connectivity index (χ4n) is 1.88. The van der Waals surface area contributed by atoms with Crippen LogP contribution in [0.15, 0.2) is 11.4 Å². The van der Waals surface area contributed by atoms with Crippen LogP contribution in [0.3, 0.4) is 0 Å². The number of amides is 1. The summed E-state index contributed by atoms with van der Waals surface area (Å²) in [6.07, 6.45) is 0.770. The summed E-state index contributed by atoms with van der Waals surface area (Å²) in [5.41, 5.74) is 1.50. The second-order valence-electron chi connectivity index (χ2n) is 4.25. The van der Waals surface area contributed by atoms with Crippen LogP contribution in [0.1, 0.15) is 38.2 Å². The number of carboxylic acid groups (broad SMARTS) is 1. The van der Waals surface area contributed by atoms with Crippen LogP contribution in [0, 0.1) is 6.92 Å². The van der Waals surface area contributed by atoms with E-state index in [9.17, 15) is 14.7 Å². The normalized spacial score (nSPS) is 10.6. The molecule has 0 atom stereocenters. The Hall–Kier alpha value is -1.73. The molecule has 0 radical (unpaired) electrons. The second kappa shape index (κ2) is 5.72. The van der Waals surface area contributed by atoms with Crippen molar-refractivity contribution in [2.45, 2.75) is 20.3 Å². The fourth-order valence-corrected chi connectivity index (χ4v) is 3.70. The van der Waals surface area contributed by atoms with Crippen LogP contribution in [-0.4, -0.2) is 28.4 Å². The van der Waals surface area contributed by atoms with Gasteiger partial charge in [0.05, 0.1) is 10.6 Å². The number of aryl methyl sites for hydroxylation is 2. The van der Waals surface area contributed by atoms with E-state index in [1.54, 1.807) is 14.0 Å². The third-order valence-corrected chi connectivity index (χ3v) is 4.95. The molecule has 1 N–H and O–H groups in total. The van der Waals surface area contributed by atoms with E-state index in [0.717, 1.165) is 23.5 Å². The summed E-state index contributed by atoms with van der Waals surface area (Å²) >= 11 is 2.40. The number of hydrogen-bond acceptors (Lipinski definition) is 5. The van der Waals surface area contributed by atoms with Crippen molar-refractivity contribution in [1.29, 1.82) is 0 Å². The van der Waals surface area contributed by atoms with Gasteiger partial charge in [-0.1, -0.05) is 6.92 Å². The lowest BCUT2D eigenvalue weighted by atomic mass is 10.2. The van der Waals surface area contributed by atoms with Gasteiger partial charge < -0.3 is 10.0 Å². The quantitative estimate of drug-likeness (QED) is 0.942. The molecule has 0 fully saturated rings. The zero-order valence-electron chi connectivity index (χ0n) is 11.3. The minimum atomic E-state index is -1.06. The predicted octanol–water partition coefficient (Wildman–Crippen LogP) is 3.05. The van der Waals surface area contributed by atoms with Gasteiger partial charge in [-0.3, -0.25) is 4.79 Å². The Balaban J connectivity index is 2.39. The summed E-state index contributed by atoms with van der Waals surface area (Å²) in [6.45, 7) is 3.61. The molecule has 0 aliphatic carbocycles. The molecule has 2 rings (SSSR count). The van der Waals surface area contributed by atoms with E-state index in [-0.39, 0.29) is 11.5 Å². The van der Waals surface area contributed by atoms with Crippen molar-refractivity contribution in [1.82, 2.24) is 4.37 Å². The van der Waals surface area contributed by atoms with Crippen LogP contribution in [0.25, 0.3) is 0 Å². The van der Waals surface area contributed by atoms with Gasteiger partial charge in [0.15, 0.2) is 0 Å². The topological polar surface area (TPSA) is 70.5 Å². The van der Waals surface area contributed by atoms with Crippen molar-refractivity contribution in [3.8, 4) is 0 Å². The molecule has 0 saturated carbocycles. The third-order valence-electron chi connectivity index (χ3n) is 2.99. The highest BCUT2D eigenvalue weighted by Crippen LogP contribution is 2.30. The molecule has 7 heteroatoms. The van der Waals surface area contributed by atoms with E-state index in [1.165, 1.54) is 16.2 Å². The smallest absolute Gasteiger partial charge is 0.340 e. The third kappa shape index (κ3) is 2.46. The number of anilines is 1. The first kappa shape index (κ1) is 14.7. The molecule has 0 aliphatic rings. The average molecular weight is 310 g/mol. The maximum Gasteiger partial charge on any atom is 0.340 e. The first-order valence-electron chi connectivity index (χ1n) is 6.01. The van der Waals surface area contributed by atoms with Crippen LogP contribution in [0.5, 0.6) is 0 Å². The number of hydrogen-bond donors (Lipinski definition) is 1. The molecule has 0 unspecified atom stereocenters. The van der Waals surface area contributed by atoms with Crippen molar-refractivity contribution in [3.63, 3.8) is 0 Å². The Morgan fingerprint density at radius 1 is 1.45 bits per heavy atom. The molecule has 0 spiro atoms. The monoisotopic (exact) mass is 310 g/mol. The Morgan fingerprint density at radius 2 is 2.15 bits per heavy atom. The lowest BCUT2D eigenvalue weighted by Gasteiger charge is -2.15. The Labute approximate surface area is 124 Å². The highest BCUT2D eigenvalue weighted by molar-refractivity contribution is 7.13. The predicted molar refractivity (Wildman–Crippen MR) is 80.2 cm³/mol. The zero-order chi connectivity index (χ0) is 14.9. The molecule has 106 valence electrons. The summed E-state index contributed by atoms with van der Waals surface area (Å²) in [5, 5.41) is 11.5. The number of rotatable bonds is 4. The van der Waals surface area contributed by atoms with Gasteiger partial charge >= 0.3 is 5.97 Å². The van der Waals surface area contributed by atoms with E-state index in [1.807, 2.05) is 18.4 Å². The summed E-state index contributed by atoms with van der Waals surface area (Å²) in [5.74, 6) is -1.25. The van der Waals surface area contributed by atoms with E-state index in [4.69, 9.17) is 0 Å².